The van der Waals surface area contributed by atoms with Gasteiger partial charge in [0.25, 0.3) is 6.73 Å². The first-order chi connectivity index (χ1) is 3.21. The molecule has 1 rings (SSSR count). The van der Waals surface area contributed by atoms with Gasteiger partial charge in [-0.15, -0.1) is 5.84 Å². The largest absolute Gasteiger partial charge is 0.442 e. The van der Waals surface area contributed by atoms with Gasteiger partial charge in [0.05, 0.1) is 0 Å². The summed E-state index contributed by atoms with van der Waals surface area (Å²) >= 11 is 0. The van der Waals surface area contributed by atoms with Crippen molar-refractivity contribution in [3.05, 3.63) is 12.5 Å². The average Bonchev–Trinajstić information content (AvgIpc) is 1.84. The van der Waals surface area contributed by atoms with E-state index in [4.69, 9.17) is 11.0 Å². The summed E-state index contributed by atoms with van der Waals surface area (Å²) in [5.41, 5.74) is 0. The van der Waals surface area contributed by atoms with E-state index in [2.05, 4.69) is 4.74 Å². The highest BCUT2D eigenvalue weighted by Crippen LogP contribution is 2.01. The Bertz CT molecular complexity index is 99.1. The van der Waals surface area contributed by atoms with Gasteiger partial charge in [0.1, 0.15) is 6.26 Å². The first kappa shape index (κ1) is 4.58. The van der Waals surface area contributed by atoms with Gasteiger partial charge in [0.2, 0.25) is 0 Å². The third kappa shape index (κ3) is 0.894. The monoisotopic (exact) mass is 103 g/mol. The molecule has 1 heterocycles. The fraction of sp³-hybridized carbons (Fsp3) is 0.333. The Morgan fingerprint density at radius 3 is 2.71 bits per heavy atom. The van der Waals surface area contributed by atoms with Crippen LogP contribution in [0.3, 0.4) is 0 Å². The van der Waals surface area contributed by atoms with Crippen molar-refractivity contribution >= 4 is 0 Å². The predicted octanol–water partition coefficient (Wildman–Crippen LogP) is -0.475. The number of ether oxygens (including phenoxy) is 1. The van der Waals surface area contributed by atoms with Crippen LogP contribution in [0.2, 0.25) is 0 Å². The van der Waals surface area contributed by atoms with Crippen LogP contribution in [0.1, 0.15) is 0 Å². The molecule has 1 aliphatic heterocycles. The normalized spacial score (nSPS) is 38.6. The minimum atomic E-state index is -0.653. The molecule has 1 atom stereocenters. The van der Waals surface area contributed by atoms with Crippen LogP contribution >= 0.6 is 0 Å². The van der Waals surface area contributed by atoms with Crippen LogP contribution in [0.25, 0.3) is 0 Å². The fourth-order valence-electron chi connectivity index (χ4n) is 0.354. The molecule has 0 saturated heterocycles. The van der Waals surface area contributed by atoms with Crippen molar-refractivity contribution in [3.63, 3.8) is 0 Å². The van der Waals surface area contributed by atoms with Crippen LogP contribution in [-0.4, -0.2) is 16.7 Å². The molecule has 7 heavy (non-hydrogen) atoms. The van der Waals surface area contributed by atoms with E-state index in [1.807, 2.05) is 0 Å². The molecule has 0 spiro atoms. The summed E-state index contributed by atoms with van der Waals surface area (Å²) in [7, 11) is 0. The van der Waals surface area contributed by atoms with E-state index in [1.54, 1.807) is 0 Å². The Morgan fingerprint density at radius 2 is 2.57 bits per heavy atom. The lowest BCUT2D eigenvalue weighted by molar-refractivity contribution is -1.08. The molecule has 40 valence electrons. The second-order valence-electron chi connectivity index (χ2n) is 1.47. The van der Waals surface area contributed by atoms with Crippen molar-refractivity contribution in [3.8, 4) is 0 Å². The summed E-state index contributed by atoms with van der Waals surface area (Å²) in [5, 5.41) is 8.70. The Kier molecular flexibility index (Phi) is 0.780. The van der Waals surface area contributed by atoms with E-state index in [0.717, 1.165) is 0 Å². The molecule has 0 fully saturated rings. The molecule has 3 N–H and O–H groups in total. The van der Waals surface area contributed by atoms with Gasteiger partial charge in [-0.25, -0.2) is 0 Å². The van der Waals surface area contributed by atoms with Gasteiger partial charge in [0.15, 0.2) is 6.20 Å². The third-order valence-corrected chi connectivity index (χ3v) is 0.697. The zero-order valence-corrected chi connectivity index (χ0v) is 3.74. The van der Waals surface area contributed by atoms with Crippen molar-refractivity contribution in [2.24, 2.45) is 5.84 Å². The Morgan fingerprint density at radius 1 is 1.86 bits per heavy atom. The minimum Gasteiger partial charge on any atom is -0.442 e. The van der Waals surface area contributed by atoms with Crippen LogP contribution < -0.4 is 5.84 Å². The number of quaternary nitrogens is 1. The first-order valence-corrected chi connectivity index (χ1v) is 1.89. The smallest absolute Gasteiger partial charge is 0.275 e. The maximum atomic E-state index is 8.70. The lowest BCUT2D eigenvalue weighted by atomic mass is 10.9. The Hall–Kier alpha value is -0.580. The maximum absolute atomic E-state index is 8.70. The van der Waals surface area contributed by atoms with Crippen LogP contribution in [0.15, 0.2) is 12.5 Å². The van der Waals surface area contributed by atoms with Gasteiger partial charge in [0, 0.05) is 0 Å². The summed E-state index contributed by atoms with van der Waals surface area (Å²) in [6.07, 6.45) is 2.71. The van der Waals surface area contributed by atoms with Crippen molar-refractivity contribution in [2.75, 3.05) is 6.73 Å². The molecule has 0 saturated carbocycles. The number of nitrogens with zero attached hydrogens (tertiary/aromatic N) is 1. The maximum Gasteiger partial charge on any atom is 0.275 e. The van der Waals surface area contributed by atoms with E-state index in [1.165, 1.54) is 12.5 Å². The SMILES string of the molecule is N[N+]1(O)C=COC1. The van der Waals surface area contributed by atoms with Crippen molar-refractivity contribution in [1.82, 2.24) is 0 Å². The molecule has 0 bridgehead atoms. The summed E-state index contributed by atoms with van der Waals surface area (Å²) in [5.74, 6) is 5.06. The number of rotatable bonds is 0. The van der Waals surface area contributed by atoms with Crippen molar-refractivity contribution in [1.29, 1.82) is 0 Å². The Balaban J connectivity index is 2.57. The topological polar surface area (TPSA) is 55.5 Å². The Labute approximate surface area is 40.9 Å². The van der Waals surface area contributed by atoms with Gasteiger partial charge < -0.3 is 4.74 Å². The number of hydrogen-bond acceptors (Lipinski definition) is 3. The van der Waals surface area contributed by atoms with E-state index in [9.17, 15) is 0 Å². The summed E-state index contributed by atoms with van der Waals surface area (Å²) < 4.78 is 3.92. The van der Waals surface area contributed by atoms with Crippen LogP contribution in [0.4, 0.5) is 0 Å². The zero-order chi connectivity index (χ0) is 5.33. The number of hydroxylamine groups is 2. The molecule has 4 nitrogen and oxygen atoms in total. The van der Waals surface area contributed by atoms with Gasteiger partial charge >= 0.3 is 0 Å². The molecular formula is C3H7N2O2+. The molecule has 0 aliphatic carbocycles. The van der Waals surface area contributed by atoms with E-state index in [-0.39, 0.29) is 6.73 Å². The highest BCUT2D eigenvalue weighted by atomic mass is 16.7. The van der Waals surface area contributed by atoms with E-state index < -0.39 is 4.76 Å². The standard InChI is InChI=1S/C3H7N2O2/c4-5(6)1-2-7-3-5/h1-2,6H,3-4H2/q+1. The second-order valence-corrected chi connectivity index (χ2v) is 1.47. The minimum absolute atomic E-state index is 0.111. The molecule has 0 amide bonds. The van der Waals surface area contributed by atoms with Gasteiger partial charge in [-0.1, -0.05) is 0 Å². The van der Waals surface area contributed by atoms with Gasteiger partial charge in [-0.3, -0.25) is 0 Å². The molecule has 0 aromatic heterocycles. The molecular weight excluding hydrogens is 96.0 g/mol. The van der Waals surface area contributed by atoms with Gasteiger partial charge in [-0.2, -0.15) is 5.21 Å². The zero-order valence-electron chi connectivity index (χ0n) is 3.74. The quantitative estimate of drug-likeness (QED) is 0.322. The summed E-state index contributed by atoms with van der Waals surface area (Å²) in [6.45, 7) is 0.111. The highest BCUT2D eigenvalue weighted by molar-refractivity contribution is 4.62. The van der Waals surface area contributed by atoms with Gasteiger partial charge in [-0.05, 0) is 4.76 Å². The van der Waals surface area contributed by atoms with Crippen molar-refractivity contribution < 1.29 is 14.7 Å². The highest BCUT2D eigenvalue weighted by Gasteiger charge is 2.21. The lowest BCUT2D eigenvalue weighted by Gasteiger charge is -2.09. The van der Waals surface area contributed by atoms with Crippen molar-refractivity contribution in [2.45, 2.75) is 0 Å². The van der Waals surface area contributed by atoms with Crippen LogP contribution in [0, 0.1) is 0 Å². The molecule has 1 unspecified atom stereocenters. The second kappa shape index (κ2) is 1.19. The van der Waals surface area contributed by atoms with E-state index in [0.29, 0.717) is 0 Å². The van der Waals surface area contributed by atoms with Crippen LogP contribution in [-0.2, 0) is 4.74 Å². The average molecular weight is 103 g/mol. The molecule has 4 heteroatoms. The van der Waals surface area contributed by atoms with Crippen LogP contribution in [0.5, 0.6) is 0 Å². The van der Waals surface area contributed by atoms with E-state index >= 15 is 0 Å². The fourth-order valence-corrected chi connectivity index (χ4v) is 0.354. The number of nitrogens with two attached hydrogens (primary N) is 1. The third-order valence-electron chi connectivity index (χ3n) is 0.697. The summed E-state index contributed by atoms with van der Waals surface area (Å²) in [4.78, 5) is 0. The summed E-state index contributed by atoms with van der Waals surface area (Å²) in [6, 6.07) is 0. The number of hydrogen-bond donors (Lipinski definition) is 2. The molecule has 0 radical (unpaired) electrons. The lowest BCUT2D eigenvalue weighted by Crippen LogP contribution is -2.44. The molecule has 0 aromatic carbocycles. The first-order valence-electron chi connectivity index (χ1n) is 1.89. The molecule has 0 aromatic rings. The predicted molar refractivity (Wildman–Crippen MR) is 21.3 cm³/mol. The molecule has 1 aliphatic rings.